The zero-order valence-corrected chi connectivity index (χ0v) is 14.4. The second-order valence-corrected chi connectivity index (χ2v) is 7.21. The first-order valence-electron chi connectivity index (χ1n) is 9.20. The highest BCUT2D eigenvalue weighted by Gasteiger charge is 2.38. The number of carbonyl (C=O) groups excluding carboxylic acids is 1. The maximum Gasteiger partial charge on any atom is 0.251 e. The Labute approximate surface area is 143 Å². The van der Waals surface area contributed by atoms with Crippen LogP contribution in [-0.2, 0) is 9.53 Å². The van der Waals surface area contributed by atoms with Crippen LogP contribution in [0.4, 0.5) is 5.82 Å². The minimum atomic E-state index is -0.189. The fraction of sp³-hybridized carbons (Fsp3) is 0.722. The zero-order valence-electron chi connectivity index (χ0n) is 14.4. The van der Waals surface area contributed by atoms with Gasteiger partial charge in [0.2, 0.25) is 0 Å². The van der Waals surface area contributed by atoms with E-state index in [-0.39, 0.29) is 12.0 Å². The molecule has 4 rings (SSSR count). The quantitative estimate of drug-likeness (QED) is 0.844. The summed E-state index contributed by atoms with van der Waals surface area (Å²) >= 11 is 0. The van der Waals surface area contributed by atoms with Crippen molar-refractivity contribution in [1.82, 2.24) is 14.9 Å². The van der Waals surface area contributed by atoms with Crippen LogP contribution >= 0.6 is 0 Å². The Hall–Kier alpha value is -1.69. The Balaban J connectivity index is 1.41. The normalized spacial score (nSPS) is 25.0. The van der Waals surface area contributed by atoms with Crippen molar-refractivity contribution in [2.75, 3.05) is 24.6 Å². The van der Waals surface area contributed by atoms with E-state index in [1.165, 1.54) is 12.8 Å². The van der Waals surface area contributed by atoms with Crippen LogP contribution in [0, 0.1) is 6.92 Å². The van der Waals surface area contributed by atoms with Gasteiger partial charge in [-0.1, -0.05) is 0 Å². The average Bonchev–Trinajstić information content (AvgIpc) is 3.27. The van der Waals surface area contributed by atoms with Crippen LogP contribution in [0.1, 0.15) is 44.2 Å². The average molecular weight is 330 g/mol. The molecule has 2 saturated heterocycles. The van der Waals surface area contributed by atoms with Crippen molar-refractivity contribution in [2.45, 2.75) is 63.6 Å². The van der Waals surface area contributed by atoms with Gasteiger partial charge in [0.05, 0.1) is 0 Å². The molecular weight excluding hydrogens is 304 g/mol. The van der Waals surface area contributed by atoms with E-state index in [1.54, 1.807) is 6.33 Å². The van der Waals surface area contributed by atoms with E-state index in [2.05, 4.69) is 20.9 Å². The lowest BCUT2D eigenvalue weighted by atomic mass is 10.0. The lowest BCUT2D eigenvalue weighted by Crippen LogP contribution is -2.50. The van der Waals surface area contributed by atoms with Gasteiger partial charge in [-0.05, 0) is 45.4 Å². The van der Waals surface area contributed by atoms with E-state index >= 15 is 0 Å². The Kier molecular flexibility index (Phi) is 4.39. The summed E-state index contributed by atoms with van der Waals surface area (Å²) < 4.78 is 5.55. The lowest BCUT2D eigenvalue weighted by Gasteiger charge is -2.40. The first-order valence-corrected chi connectivity index (χ1v) is 9.20. The van der Waals surface area contributed by atoms with Crippen molar-refractivity contribution >= 4 is 11.7 Å². The molecule has 1 unspecified atom stereocenters. The van der Waals surface area contributed by atoms with Crippen LogP contribution in [0.5, 0.6) is 0 Å². The van der Waals surface area contributed by atoms with E-state index in [1.807, 2.05) is 11.8 Å². The summed E-state index contributed by atoms with van der Waals surface area (Å²) in [7, 11) is 0. The molecule has 3 aliphatic rings. The number of rotatable bonds is 4. The molecule has 1 saturated carbocycles. The number of nitrogens with zero attached hydrogens (tertiary/aromatic N) is 4. The molecule has 0 aromatic carbocycles. The van der Waals surface area contributed by atoms with Crippen molar-refractivity contribution in [3.63, 3.8) is 0 Å². The Morgan fingerprint density at radius 2 is 1.92 bits per heavy atom. The second kappa shape index (κ2) is 6.67. The van der Waals surface area contributed by atoms with Gasteiger partial charge in [-0.25, -0.2) is 9.97 Å². The molecule has 3 heterocycles. The van der Waals surface area contributed by atoms with Gasteiger partial charge in [0.1, 0.15) is 18.2 Å². The number of carbonyl (C=O) groups is 1. The number of aryl methyl sites for hydroxylation is 1. The summed E-state index contributed by atoms with van der Waals surface area (Å²) in [6.07, 6.45) is 7.89. The van der Waals surface area contributed by atoms with Gasteiger partial charge in [-0.3, -0.25) is 4.79 Å². The molecule has 2 aliphatic heterocycles. The van der Waals surface area contributed by atoms with Gasteiger partial charge >= 0.3 is 0 Å². The number of amides is 1. The first kappa shape index (κ1) is 15.8. The van der Waals surface area contributed by atoms with Crippen molar-refractivity contribution in [1.29, 1.82) is 0 Å². The van der Waals surface area contributed by atoms with Gasteiger partial charge < -0.3 is 14.5 Å². The van der Waals surface area contributed by atoms with E-state index in [9.17, 15) is 4.79 Å². The molecule has 0 radical (unpaired) electrons. The molecule has 130 valence electrons. The summed E-state index contributed by atoms with van der Waals surface area (Å²) in [6, 6.07) is 3.17. The lowest BCUT2D eigenvalue weighted by molar-refractivity contribution is -0.142. The monoisotopic (exact) mass is 330 g/mol. The molecule has 24 heavy (non-hydrogen) atoms. The predicted molar refractivity (Wildman–Crippen MR) is 90.8 cm³/mol. The highest BCUT2D eigenvalue weighted by Crippen LogP contribution is 2.35. The summed E-state index contributed by atoms with van der Waals surface area (Å²) in [4.78, 5) is 25.7. The van der Waals surface area contributed by atoms with E-state index < -0.39 is 0 Å². The van der Waals surface area contributed by atoms with Crippen LogP contribution < -0.4 is 4.90 Å². The van der Waals surface area contributed by atoms with Crippen LogP contribution in [0.2, 0.25) is 0 Å². The van der Waals surface area contributed by atoms with Crippen molar-refractivity contribution in [3.05, 3.63) is 18.1 Å². The highest BCUT2D eigenvalue weighted by atomic mass is 16.5. The van der Waals surface area contributed by atoms with Crippen molar-refractivity contribution < 1.29 is 9.53 Å². The third-order valence-electron chi connectivity index (χ3n) is 5.37. The summed E-state index contributed by atoms with van der Waals surface area (Å²) in [5.74, 6) is 1.25. The van der Waals surface area contributed by atoms with Crippen LogP contribution in [0.25, 0.3) is 0 Å². The maximum atomic E-state index is 12.5. The molecule has 0 N–H and O–H groups in total. The summed E-state index contributed by atoms with van der Waals surface area (Å²) in [6.45, 7) is 4.40. The third kappa shape index (κ3) is 3.24. The van der Waals surface area contributed by atoms with Crippen molar-refractivity contribution in [2.24, 2.45) is 0 Å². The largest absolute Gasteiger partial charge is 0.368 e. The number of hydrogen-bond donors (Lipinski definition) is 0. The van der Waals surface area contributed by atoms with Crippen LogP contribution in [-0.4, -0.2) is 58.7 Å². The fourth-order valence-corrected chi connectivity index (χ4v) is 3.95. The third-order valence-corrected chi connectivity index (χ3v) is 5.37. The molecule has 0 bridgehead atoms. The molecule has 3 fully saturated rings. The minimum absolute atomic E-state index is 0.189. The molecule has 1 aromatic rings. The Morgan fingerprint density at radius 3 is 2.54 bits per heavy atom. The Bertz CT molecular complexity index is 590. The van der Waals surface area contributed by atoms with Gasteiger partial charge in [-0.15, -0.1) is 0 Å². The number of hydrogen-bond acceptors (Lipinski definition) is 5. The zero-order chi connectivity index (χ0) is 16.5. The molecule has 6 heteroatoms. The number of ether oxygens (including phenoxy) is 1. The smallest absolute Gasteiger partial charge is 0.251 e. The topological polar surface area (TPSA) is 58.6 Å². The van der Waals surface area contributed by atoms with Gasteiger partial charge in [0.25, 0.3) is 5.91 Å². The fourth-order valence-electron chi connectivity index (χ4n) is 3.95. The molecule has 6 nitrogen and oxygen atoms in total. The summed E-state index contributed by atoms with van der Waals surface area (Å²) in [5.41, 5.74) is 1.01. The number of aromatic nitrogens is 2. The molecular formula is C18H26N4O2. The van der Waals surface area contributed by atoms with Crippen molar-refractivity contribution in [3.8, 4) is 0 Å². The minimum Gasteiger partial charge on any atom is -0.368 e. The van der Waals surface area contributed by atoms with Gasteiger partial charge in [0, 0.05) is 43.5 Å². The standard InChI is InChI=1S/C18H26N4O2/c1-13-11-17(20-12-19-13)22(14-4-5-14)15-6-8-21(9-7-15)18(23)16-3-2-10-24-16/h11-12,14-16H,2-10H2,1H3. The molecule has 1 amide bonds. The Morgan fingerprint density at radius 1 is 1.17 bits per heavy atom. The molecule has 1 aliphatic carbocycles. The first-order chi connectivity index (χ1) is 11.7. The summed E-state index contributed by atoms with van der Waals surface area (Å²) in [5, 5.41) is 0. The van der Waals surface area contributed by atoms with Crippen LogP contribution in [0.15, 0.2) is 12.4 Å². The van der Waals surface area contributed by atoms with E-state index in [0.717, 1.165) is 56.9 Å². The van der Waals surface area contributed by atoms with E-state index in [0.29, 0.717) is 12.1 Å². The second-order valence-electron chi connectivity index (χ2n) is 7.21. The van der Waals surface area contributed by atoms with E-state index in [4.69, 9.17) is 4.74 Å². The van der Waals surface area contributed by atoms with Gasteiger partial charge in [-0.2, -0.15) is 0 Å². The molecule has 1 atom stereocenters. The number of likely N-dealkylation sites (tertiary alicyclic amines) is 1. The van der Waals surface area contributed by atoms with Gasteiger partial charge in [0.15, 0.2) is 0 Å². The molecule has 1 aromatic heterocycles. The molecule has 0 spiro atoms. The number of piperidine rings is 1. The SMILES string of the molecule is Cc1cc(N(C2CC2)C2CCN(C(=O)C3CCCO3)CC2)ncn1. The number of anilines is 1. The maximum absolute atomic E-state index is 12.5. The van der Waals surface area contributed by atoms with Crippen LogP contribution in [0.3, 0.4) is 0 Å². The predicted octanol–water partition coefficient (Wildman–Crippen LogP) is 1.92. The highest BCUT2D eigenvalue weighted by molar-refractivity contribution is 5.81.